The van der Waals surface area contributed by atoms with Gasteiger partial charge in [-0.3, -0.25) is 0 Å². The van der Waals surface area contributed by atoms with Gasteiger partial charge in [-0.1, -0.05) is 13.0 Å². The molecule has 1 aromatic rings. The predicted octanol–water partition coefficient (Wildman–Crippen LogP) is 1.78. The number of aliphatic hydroxyl groups excluding tert-OH is 1. The Morgan fingerprint density at radius 3 is 3.08 bits per heavy atom. The number of aliphatic hydroxyl groups is 1. The summed E-state index contributed by atoms with van der Waals surface area (Å²) in [7, 11) is 0. The van der Waals surface area contributed by atoms with E-state index in [1.54, 1.807) is 11.3 Å². The minimum Gasteiger partial charge on any atom is -0.386 e. The lowest BCUT2D eigenvalue weighted by Gasteiger charge is -2.08. The Morgan fingerprint density at radius 1 is 1.67 bits per heavy atom. The van der Waals surface area contributed by atoms with Crippen LogP contribution in [-0.2, 0) is 0 Å². The molecule has 1 heterocycles. The first-order chi connectivity index (χ1) is 5.84. The zero-order valence-electron chi connectivity index (χ0n) is 7.29. The number of rotatable bonds is 5. The third-order valence-electron chi connectivity index (χ3n) is 1.64. The van der Waals surface area contributed by atoms with Gasteiger partial charge in [0.1, 0.15) is 6.10 Å². The highest BCUT2D eigenvalue weighted by Gasteiger charge is 2.06. The Kier molecular flexibility index (Phi) is 4.29. The molecule has 0 radical (unpaired) electrons. The van der Waals surface area contributed by atoms with E-state index in [4.69, 9.17) is 0 Å². The van der Waals surface area contributed by atoms with E-state index in [1.807, 2.05) is 17.5 Å². The van der Waals surface area contributed by atoms with E-state index in [2.05, 4.69) is 12.2 Å². The molecule has 1 rings (SSSR count). The molecule has 0 fully saturated rings. The molecule has 2 nitrogen and oxygen atoms in total. The molecule has 68 valence electrons. The molecule has 1 aromatic heterocycles. The molecule has 0 unspecified atom stereocenters. The monoisotopic (exact) mass is 185 g/mol. The van der Waals surface area contributed by atoms with Crippen LogP contribution in [0.4, 0.5) is 0 Å². The smallest absolute Gasteiger partial charge is 0.101 e. The van der Waals surface area contributed by atoms with Gasteiger partial charge in [0.15, 0.2) is 0 Å². The molecule has 0 amide bonds. The van der Waals surface area contributed by atoms with Gasteiger partial charge >= 0.3 is 0 Å². The lowest BCUT2D eigenvalue weighted by molar-refractivity contribution is 0.178. The minimum atomic E-state index is -0.337. The average molecular weight is 185 g/mol. The highest BCUT2D eigenvalue weighted by atomic mass is 32.1. The topological polar surface area (TPSA) is 32.3 Å². The van der Waals surface area contributed by atoms with E-state index in [-0.39, 0.29) is 6.10 Å². The van der Waals surface area contributed by atoms with Crippen molar-refractivity contribution in [2.24, 2.45) is 0 Å². The van der Waals surface area contributed by atoms with E-state index in [9.17, 15) is 5.11 Å². The van der Waals surface area contributed by atoms with Crippen LogP contribution in [0.3, 0.4) is 0 Å². The highest BCUT2D eigenvalue weighted by molar-refractivity contribution is 7.10. The van der Waals surface area contributed by atoms with Gasteiger partial charge in [-0.25, -0.2) is 0 Å². The van der Waals surface area contributed by atoms with Crippen molar-refractivity contribution >= 4 is 11.3 Å². The molecule has 1 atom stereocenters. The van der Waals surface area contributed by atoms with E-state index in [1.165, 1.54) is 0 Å². The number of thiophene rings is 1. The summed E-state index contributed by atoms with van der Waals surface area (Å²) in [4.78, 5) is 1.04. The molecule has 12 heavy (non-hydrogen) atoms. The molecule has 0 bridgehead atoms. The van der Waals surface area contributed by atoms with Crippen molar-refractivity contribution in [3.05, 3.63) is 22.4 Å². The van der Waals surface area contributed by atoms with Gasteiger partial charge in [-0.05, 0) is 24.4 Å². The fourth-order valence-corrected chi connectivity index (χ4v) is 1.71. The average Bonchev–Trinajstić information content (AvgIpc) is 2.56. The maximum atomic E-state index is 9.58. The second-order valence-corrected chi connectivity index (χ2v) is 3.71. The molecule has 3 heteroatoms. The van der Waals surface area contributed by atoms with Crippen LogP contribution in [0.15, 0.2) is 17.5 Å². The molecular weight excluding hydrogens is 170 g/mol. The minimum absolute atomic E-state index is 0.337. The first-order valence-electron chi connectivity index (χ1n) is 4.26. The first-order valence-corrected chi connectivity index (χ1v) is 5.14. The summed E-state index contributed by atoms with van der Waals surface area (Å²) >= 11 is 1.60. The van der Waals surface area contributed by atoms with E-state index >= 15 is 0 Å². The zero-order chi connectivity index (χ0) is 8.81. The highest BCUT2D eigenvalue weighted by Crippen LogP contribution is 2.17. The lowest BCUT2D eigenvalue weighted by Crippen LogP contribution is -2.21. The number of hydrogen-bond donors (Lipinski definition) is 2. The summed E-state index contributed by atoms with van der Waals surface area (Å²) in [6.07, 6.45) is 0.772. The molecule has 0 aliphatic rings. The summed E-state index contributed by atoms with van der Waals surface area (Å²) in [6.45, 7) is 3.75. The Bertz CT molecular complexity index is 198. The van der Waals surface area contributed by atoms with Gasteiger partial charge < -0.3 is 10.4 Å². The second-order valence-electron chi connectivity index (χ2n) is 2.74. The van der Waals surface area contributed by atoms with Crippen LogP contribution in [-0.4, -0.2) is 18.2 Å². The second kappa shape index (κ2) is 5.30. The van der Waals surface area contributed by atoms with Crippen molar-refractivity contribution in [2.45, 2.75) is 19.4 Å². The number of hydrogen-bond acceptors (Lipinski definition) is 3. The summed E-state index contributed by atoms with van der Waals surface area (Å²) in [5, 5.41) is 14.7. The molecule has 0 spiro atoms. The predicted molar refractivity (Wildman–Crippen MR) is 52.4 cm³/mol. The zero-order valence-corrected chi connectivity index (χ0v) is 8.10. The number of nitrogens with one attached hydrogen (secondary N) is 1. The van der Waals surface area contributed by atoms with Crippen LogP contribution in [0, 0.1) is 0 Å². The SMILES string of the molecule is CCCNC[C@@H](O)c1cccs1. The Labute approximate surface area is 77.2 Å². The quantitative estimate of drug-likeness (QED) is 0.685. The molecule has 0 saturated heterocycles. The summed E-state index contributed by atoms with van der Waals surface area (Å²) in [5.41, 5.74) is 0. The van der Waals surface area contributed by atoms with Crippen LogP contribution in [0.1, 0.15) is 24.3 Å². The molecule has 0 aliphatic carbocycles. The van der Waals surface area contributed by atoms with Crippen LogP contribution >= 0.6 is 11.3 Å². The third-order valence-corrected chi connectivity index (χ3v) is 2.61. The largest absolute Gasteiger partial charge is 0.386 e. The van der Waals surface area contributed by atoms with Gasteiger partial charge in [-0.15, -0.1) is 11.3 Å². The van der Waals surface area contributed by atoms with E-state index in [0.717, 1.165) is 17.8 Å². The van der Waals surface area contributed by atoms with Crippen LogP contribution in [0.25, 0.3) is 0 Å². The molecule has 0 aromatic carbocycles. The van der Waals surface area contributed by atoms with Crippen LogP contribution in [0.5, 0.6) is 0 Å². The van der Waals surface area contributed by atoms with Crippen LogP contribution < -0.4 is 5.32 Å². The maximum absolute atomic E-state index is 9.58. The standard InChI is InChI=1S/C9H15NOS/c1-2-5-10-7-8(11)9-4-3-6-12-9/h3-4,6,8,10-11H,2,5,7H2,1H3/t8-/m1/s1. The van der Waals surface area contributed by atoms with Gasteiger partial charge in [0.2, 0.25) is 0 Å². The first kappa shape index (κ1) is 9.71. The van der Waals surface area contributed by atoms with Crippen molar-refractivity contribution in [2.75, 3.05) is 13.1 Å². The molecular formula is C9H15NOS. The van der Waals surface area contributed by atoms with Crippen LogP contribution in [0.2, 0.25) is 0 Å². The maximum Gasteiger partial charge on any atom is 0.101 e. The Hall–Kier alpha value is -0.380. The fraction of sp³-hybridized carbons (Fsp3) is 0.556. The van der Waals surface area contributed by atoms with Gasteiger partial charge in [0.05, 0.1) is 0 Å². The third kappa shape index (κ3) is 2.93. The lowest BCUT2D eigenvalue weighted by atomic mass is 10.3. The molecule has 0 aliphatic heterocycles. The van der Waals surface area contributed by atoms with Crippen molar-refractivity contribution in [3.8, 4) is 0 Å². The van der Waals surface area contributed by atoms with Gasteiger partial charge in [0.25, 0.3) is 0 Å². The molecule has 0 saturated carbocycles. The summed E-state index contributed by atoms with van der Waals surface area (Å²) < 4.78 is 0. The van der Waals surface area contributed by atoms with Gasteiger partial charge in [-0.2, -0.15) is 0 Å². The molecule has 2 N–H and O–H groups in total. The Morgan fingerprint density at radius 2 is 2.50 bits per heavy atom. The Balaban J connectivity index is 2.25. The normalized spacial score (nSPS) is 13.2. The van der Waals surface area contributed by atoms with E-state index in [0.29, 0.717) is 6.54 Å². The fourth-order valence-electron chi connectivity index (χ4n) is 0.997. The summed E-state index contributed by atoms with van der Waals surface area (Å²) in [6, 6.07) is 3.92. The van der Waals surface area contributed by atoms with Crippen molar-refractivity contribution in [3.63, 3.8) is 0 Å². The van der Waals surface area contributed by atoms with Crippen molar-refractivity contribution in [1.29, 1.82) is 0 Å². The van der Waals surface area contributed by atoms with E-state index < -0.39 is 0 Å². The summed E-state index contributed by atoms with van der Waals surface area (Å²) in [5.74, 6) is 0. The van der Waals surface area contributed by atoms with Gasteiger partial charge in [0, 0.05) is 11.4 Å². The van der Waals surface area contributed by atoms with Crippen molar-refractivity contribution < 1.29 is 5.11 Å². The van der Waals surface area contributed by atoms with Crippen molar-refractivity contribution in [1.82, 2.24) is 5.32 Å².